The van der Waals surface area contributed by atoms with Crippen LogP contribution in [0, 0.1) is 0 Å². The number of aromatic nitrogens is 1. The van der Waals surface area contributed by atoms with Gasteiger partial charge in [0.2, 0.25) is 0 Å². The Hall–Kier alpha value is -0.980. The number of aliphatic hydroxyl groups excluding tert-OH is 2. The van der Waals surface area contributed by atoms with E-state index in [4.69, 9.17) is 5.11 Å². The van der Waals surface area contributed by atoms with Crippen molar-refractivity contribution in [3.8, 4) is 0 Å². The minimum absolute atomic E-state index is 0.304. The number of hydrogen-bond acceptors (Lipinski definition) is 5. The van der Waals surface area contributed by atoms with Gasteiger partial charge in [0.25, 0.3) is 0 Å². The molecule has 2 atom stereocenters. The van der Waals surface area contributed by atoms with Gasteiger partial charge in [-0.15, -0.1) is 11.3 Å². The second kappa shape index (κ2) is 4.31. The third-order valence-electron chi connectivity index (χ3n) is 1.50. The first-order chi connectivity index (χ1) is 6.11. The molecule has 2 unspecified atom stereocenters. The summed E-state index contributed by atoms with van der Waals surface area (Å²) >= 11 is 1.27. The monoisotopic (exact) mass is 203 g/mol. The third kappa shape index (κ3) is 2.76. The molecular formula is C7H9NO4S. The molecule has 0 aliphatic heterocycles. The second-order valence-electron chi connectivity index (χ2n) is 2.52. The fourth-order valence-electron chi connectivity index (χ4n) is 0.856. The highest BCUT2D eigenvalue weighted by molar-refractivity contribution is 7.07. The minimum Gasteiger partial charge on any atom is -0.481 e. The number of thiazole rings is 1. The Morgan fingerprint density at radius 3 is 2.77 bits per heavy atom. The first-order valence-electron chi connectivity index (χ1n) is 3.57. The molecule has 5 nitrogen and oxygen atoms in total. The van der Waals surface area contributed by atoms with Gasteiger partial charge in [-0.3, -0.25) is 4.79 Å². The zero-order valence-electron chi connectivity index (χ0n) is 6.62. The normalized spacial score (nSPS) is 15.2. The van der Waals surface area contributed by atoms with E-state index in [-0.39, 0.29) is 0 Å². The number of aliphatic carboxylic acids is 1. The Balaban J connectivity index is 2.57. The summed E-state index contributed by atoms with van der Waals surface area (Å²) in [7, 11) is 0. The molecule has 1 aromatic heterocycles. The summed E-state index contributed by atoms with van der Waals surface area (Å²) in [5.41, 5.74) is 1.81. The van der Waals surface area contributed by atoms with E-state index >= 15 is 0 Å². The van der Waals surface area contributed by atoms with Gasteiger partial charge in [-0.2, -0.15) is 0 Å². The van der Waals surface area contributed by atoms with E-state index in [0.717, 1.165) is 0 Å². The van der Waals surface area contributed by atoms with Gasteiger partial charge in [-0.25, -0.2) is 4.98 Å². The summed E-state index contributed by atoms with van der Waals surface area (Å²) in [4.78, 5) is 14.0. The van der Waals surface area contributed by atoms with E-state index in [1.54, 1.807) is 5.38 Å². The smallest absolute Gasteiger partial charge is 0.306 e. The largest absolute Gasteiger partial charge is 0.481 e. The molecule has 0 saturated carbocycles. The number of carboxylic acid groups (broad SMARTS) is 1. The van der Waals surface area contributed by atoms with Gasteiger partial charge >= 0.3 is 5.97 Å². The van der Waals surface area contributed by atoms with Crippen LogP contribution in [0.5, 0.6) is 0 Å². The zero-order valence-corrected chi connectivity index (χ0v) is 7.44. The van der Waals surface area contributed by atoms with Gasteiger partial charge in [0, 0.05) is 5.38 Å². The highest BCUT2D eigenvalue weighted by atomic mass is 32.1. The first-order valence-corrected chi connectivity index (χ1v) is 4.51. The van der Waals surface area contributed by atoms with E-state index in [0.29, 0.717) is 5.69 Å². The van der Waals surface area contributed by atoms with Crippen molar-refractivity contribution < 1.29 is 20.1 Å². The average Bonchev–Trinajstić information content (AvgIpc) is 2.53. The molecule has 0 amide bonds. The quantitative estimate of drug-likeness (QED) is 0.641. The number of rotatable bonds is 4. The standard InChI is InChI=1S/C7H9NO4S/c9-5(1-6(10)11)7(12)4-2-13-3-8-4/h2-3,5,7,9,12H,1H2,(H,10,11). The lowest BCUT2D eigenvalue weighted by molar-refractivity contribution is -0.141. The maximum absolute atomic E-state index is 10.2. The molecule has 1 rings (SSSR count). The lowest BCUT2D eigenvalue weighted by atomic mass is 10.1. The van der Waals surface area contributed by atoms with Crippen LogP contribution in [0.15, 0.2) is 10.9 Å². The second-order valence-corrected chi connectivity index (χ2v) is 3.24. The molecule has 0 fully saturated rings. The van der Waals surface area contributed by atoms with Crippen LogP contribution in [0.4, 0.5) is 0 Å². The Morgan fingerprint density at radius 2 is 2.31 bits per heavy atom. The molecule has 0 aliphatic rings. The van der Waals surface area contributed by atoms with Gasteiger partial charge in [-0.05, 0) is 0 Å². The van der Waals surface area contributed by atoms with E-state index < -0.39 is 24.6 Å². The van der Waals surface area contributed by atoms with Crippen LogP contribution >= 0.6 is 11.3 Å². The molecule has 13 heavy (non-hydrogen) atoms. The Labute approximate surface area is 78.3 Å². The van der Waals surface area contributed by atoms with Gasteiger partial charge in [0.1, 0.15) is 6.10 Å². The average molecular weight is 203 g/mol. The maximum atomic E-state index is 10.2. The highest BCUT2D eigenvalue weighted by Crippen LogP contribution is 2.18. The number of nitrogens with zero attached hydrogens (tertiary/aromatic N) is 1. The van der Waals surface area contributed by atoms with Gasteiger partial charge in [-0.1, -0.05) is 0 Å². The van der Waals surface area contributed by atoms with E-state index in [2.05, 4.69) is 4.98 Å². The molecule has 1 heterocycles. The van der Waals surface area contributed by atoms with Crippen molar-refractivity contribution in [1.82, 2.24) is 4.98 Å². The highest BCUT2D eigenvalue weighted by Gasteiger charge is 2.22. The van der Waals surface area contributed by atoms with E-state index in [1.807, 2.05) is 0 Å². The Bertz CT molecular complexity index is 274. The van der Waals surface area contributed by atoms with Gasteiger partial charge in [0.05, 0.1) is 23.7 Å². The molecule has 72 valence electrons. The summed E-state index contributed by atoms with van der Waals surface area (Å²) in [6, 6.07) is 0. The topological polar surface area (TPSA) is 90.7 Å². The molecule has 0 bridgehead atoms. The Kier molecular flexibility index (Phi) is 3.35. The van der Waals surface area contributed by atoms with Crippen LogP contribution in [0.2, 0.25) is 0 Å². The van der Waals surface area contributed by atoms with Crippen molar-refractivity contribution in [2.24, 2.45) is 0 Å². The van der Waals surface area contributed by atoms with Crippen molar-refractivity contribution in [1.29, 1.82) is 0 Å². The first kappa shape index (κ1) is 10.1. The summed E-state index contributed by atoms with van der Waals surface area (Å²) in [5.74, 6) is -1.15. The third-order valence-corrected chi connectivity index (χ3v) is 2.11. The van der Waals surface area contributed by atoms with Gasteiger partial charge < -0.3 is 15.3 Å². The zero-order chi connectivity index (χ0) is 9.84. The fraction of sp³-hybridized carbons (Fsp3) is 0.429. The predicted octanol–water partition coefficient (Wildman–Crippen LogP) is 0.0121. The molecule has 0 saturated heterocycles. The summed E-state index contributed by atoms with van der Waals surface area (Å²) < 4.78 is 0. The van der Waals surface area contributed by atoms with E-state index in [9.17, 15) is 15.0 Å². The van der Waals surface area contributed by atoms with E-state index in [1.165, 1.54) is 16.8 Å². The lowest BCUT2D eigenvalue weighted by Crippen LogP contribution is -2.21. The summed E-state index contributed by atoms with van der Waals surface area (Å²) in [6.45, 7) is 0. The molecule has 0 radical (unpaired) electrons. The summed E-state index contributed by atoms with van der Waals surface area (Å²) in [6.07, 6.45) is -3.01. The number of hydrogen-bond donors (Lipinski definition) is 3. The molecule has 0 spiro atoms. The van der Waals surface area contributed by atoms with Crippen molar-refractivity contribution in [3.63, 3.8) is 0 Å². The van der Waals surface area contributed by atoms with Crippen LogP contribution in [0.1, 0.15) is 18.2 Å². The lowest BCUT2D eigenvalue weighted by Gasteiger charge is -2.13. The van der Waals surface area contributed by atoms with Crippen LogP contribution in [0.3, 0.4) is 0 Å². The van der Waals surface area contributed by atoms with Crippen LogP contribution in [0.25, 0.3) is 0 Å². The Morgan fingerprint density at radius 1 is 1.62 bits per heavy atom. The molecule has 6 heteroatoms. The van der Waals surface area contributed by atoms with Crippen LogP contribution in [-0.2, 0) is 4.79 Å². The van der Waals surface area contributed by atoms with Crippen LogP contribution < -0.4 is 0 Å². The minimum atomic E-state index is -1.31. The number of aliphatic hydroxyl groups is 2. The number of carboxylic acids is 1. The van der Waals surface area contributed by atoms with Gasteiger partial charge in [0.15, 0.2) is 0 Å². The molecule has 3 N–H and O–H groups in total. The van der Waals surface area contributed by atoms with Crippen molar-refractivity contribution >= 4 is 17.3 Å². The summed E-state index contributed by atoms with van der Waals surface area (Å²) in [5, 5.41) is 28.5. The molecule has 0 aliphatic carbocycles. The maximum Gasteiger partial charge on any atom is 0.306 e. The molecule has 0 aromatic carbocycles. The molecular weight excluding hydrogens is 194 g/mol. The van der Waals surface area contributed by atoms with Crippen molar-refractivity contribution in [2.75, 3.05) is 0 Å². The predicted molar refractivity (Wildman–Crippen MR) is 45.3 cm³/mol. The fourth-order valence-corrected chi connectivity index (χ4v) is 1.44. The van der Waals surface area contributed by atoms with Crippen LogP contribution in [-0.4, -0.2) is 32.4 Å². The van der Waals surface area contributed by atoms with Crippen molar-refractivity contribution in [2.45, 2.75) is 18.6 Å². The van der Waals surface area contributed by atoms with Crippen molar-refractivity contribution in [3.05, 3.63) is 16.6 Å². The number of carbonyl (C=O) groups is 1. The molecule has 1 aromatic rings. The SMILES string of the molecule is O=C(O)CC(O)C(O)c1cscn1.